The zero-order chi connectivity index (χ0) is 23.3. The molecule has 0 aliphatic heterocycles. The zero-order valence-electron chi connectivity index (χ0n) is 18.2. The first kappa shape index (κ1) is 24.1. The maximum Gasteiger partial charge on any atom is 0.271 e. The van der Waals surface area contributed by atoms with E-state index in [0.29, 0.717) is 11.3 Å². The van der Waals surface area contributed by atoms with Crippen molar-refractivity contribution in [2.75, 3.05) is 23.7 Å². The first-order chi connectivity index (χ1) is 14.4. The molecule has 0 saturated carbocycles. The van der Waals surface area contributed by atoms with Gasteiger partial charge in [0.05, 0.1) is 23.4 Å². The van der Waals surface area contributed by atoms with Gasteiger partial charge in [-0.05, 0) is 56.5 Å². The number of carbonyl (C=O) groups excluding carboxylic acids is 1. The molecule has 0 aromatic heterocycles. The van der Waals surface area contributed by atoms with Crippen LogP contribution in [0.1, 0.15) is 23.6 Å². The molecular formula is C21H27N3O6S. The lowest BCUT2D eigenvalue weighted by molar-refractivity contribution is -0.384. The van der Waals surface area contributed by atoms with Crippen LogP contribution in [0.3, 0.4) is 0 Å². The van der Waals surface area contributed by atoms with E-state index in [0.717, 1.165) is 27.8 Å². The van der Waals surface area contributed by atoms with E-state index < -0.39 is 26.9 Å². The fourth-order valence-electron chi connectivity index (χ4n) is 3.24. The van der Waals surface area contributed by atoms with Crippen LogP contribution in [0.5, 0.6) is 5.75 Å². The van der Waals surface area contributed by atoms with E-state index in [1.54, 1.807) is 6.92 Å². The van der Waals surface area contributed by atoms with Crippen LogP contribution in [0.15, 0.2) is 36.4 Å². The van der Waals surface area contributed by atoms with Crippen LogP contribution in [0.4, 0.5) is 11.4 Å². The number of nitrogens with zero attached hydrogens (tertiary/aromatic N) is 2. The van der Waals surface area contributed by atoms with Crippen molar-refractivity contribution in [2.45, 2.75) is 33.7 Å². The highest BCUT2D eigenvalue weighted by Crippen LogP contribution is 2.29. The SMILES string of the molecule is Cc1cc(C)cc(OCCNC(=O)[C@@H](C)N(c2cc([N+](=O)[O-])ccc2C)S(C)(=O)=O)c1. The quantitative estimate of drug-likeness (QED) is 0.357. The van der Waals surface area contributed by atoms with Crippen LogP contribution in [-0.4, -0.2) is 44.7 Å². The minimum absolute atomic E-state index is 0.0887. The Morgan fingerprint density at radius 3 is 2.32 bits per heavy atom. The van der Waals surface area contributed by atoms with Crippen molar-refractivity contribution in [3.05, 3.63) is 63.2 Å². The molecule has 2 aromatic carbocycles. The summed E-state index contributed by atoms with van der Waals surface area (Å²) >= 11 is 0. The monoisotopic (exact) mass is 449 g/mol. The largest absolute Gasteiger partial charge is 0.492 e. The molecule has 0 spiro atoms. The van der Waals surface area contributed by atoms with Crippen LogP contribution >= 0.6 is 0 Å². The highest BCUT2D eigenvalue weighted by molar-refractivity contribution is 7.92. The molecule has 1 amide bonds. The minimum Gasteiger partial charge on any atom is -0.492 e. The average molecular weight is 450 g/mol. The molecule has 0 aliphatic carbocycles. The van der Waals surface area contributed by atoms with E-state index in [4.69, 9.17) is 4.74 Å². The third-order valence-corrected chi connectivity index (χ3v) is 5.82. The Kier molecular flexibility index (Phi) is 7.61. The number of amides is 1. The summed E-state index contributed by atoms with van der Waals surface area (Å²) in [6.07, 6.45) is 0.957. The van der Waals surface area contributed by atoms with Crippen molar-refractivity contribution in [3.63, 3.8) is 0 Å². The third kappa shape index (κ3) is 6.42. The Balaban J connectivity index is 2.11. The van der Waals surface area contributed by atoms with Crippen molar-refractivity contribution in [1.82, 2.24) is 5.32 Å². The van der Waals surface area contributed by atoms with Gasteiger partial charge in [0, 0.05) is 12.1 Å². The van der Waals surface area contributed by atoms with Gasteiger partial charge in [-0.25, -0.2) is 8.42 Å². The van der Waals surface area contributed by atoms with Crippen molar-refractivity contribution in [1.29, 1.82) is 0 Å². The smallest absolute Gasteiger partial charge is 0.271 e. The molecule has 31 heavy (non-hydrogen) atoms. The minimum atomic E-state index is -3.89. The summed E-state index contributed by atoms with van der Waals surface area (Å²) in [5.74, 6) is 0.144. The number of rotatable bonds is 9. The molecule has 0 fully saturated rings. The van der Waals surface area contributed by atoms with Crippen molar-refractivity contribution in [2.24, 2.45) is 0 Å². The fraction of sp³-hybridized carbons (Fsp3) is 0.381. The number of sulfonamides is 1. The van der Waals surface area contributed by atoms with E-state index in [1.165, 1.54) is 19.1 Å². The van der Waals surface area contributed by atoms with Crippen LogP contribution in [0.25, 0.3) is 0 Å². The average Bonchev–Trinajstić information content (AvgIpc) is 2.64. The molecule has 0 saturated heterocycles. The second-order valence-corrected chi connectivity index (χ2v) is 9.29. The molecule has 0 radical (unpaired) electrons. The number of hydrogen-bond donors (Lipinski definition) is 1. The molecule has 9 nitrogen and oxygen atoms in total. The molecule has 168 valence electrons. The Bertz CT molecular complexity index is 1060. The van der Waals surface area contributed by atoms with Gasteiger partial charge in [-0.1, -0.05) is 12.1 Å². The summed E-state index contributed by atoms with van der Waals surface area (Å²) in [5.41, 5.74) is 2.44. The first-order valence-electron chi connectivity index (χ1n) is 9.63. The molecule has 10 heteroatoms. The molecule has 2 aromatic rings. The van der Waals surface area contributed by atoms with Crippen LogP contribution in [0, 0.1) is 30.9 Å². The van der Waals surface area contributed by atoms with Gasteiger partial charge in [0.25, 0.3) is 5.69 Å². The number of non-ortho nitro benzene ring substituents is 1. The number of nitro groups is 1. The second-order valence-electron chi connectivity index (χ2n) is 7.43. The predicted molar refractivity (Wildman–Crippen MR) is 119 cm³/mol. The number of anilines is 1. The maximum absolute atomic E-state index is 12.6. The lowest BCUT2D eigenvalue weighted by Crippen LogP contribution is -2.48. The molecule has 0 unspecified atom stereocenters. The van der Waals surface area contributed by atoms with Gasteiger partial charge in [-0.2, -0.15) is 0 Å². The number of ether oxygens (including phenoxy) is 1. The van der Waals surface area contributed by atoms with Crippen molar-refractivity contribution in [3.8, 4) is 5.75 Å². The van der Waals surface area contributed by atoms with Gasteiger partial charge >= 0.3 is 0 Å². The second kappa shape index (κ2) is 9.78. The zero-order valence-corrected chi connectivity index (χ0v) is 19.0. The Morgan fingerprint density at radius 2 is 1.77 bits per heavy atom. The number of benzene rings is 2. The molecule has 0 heterocycles. The van der Waals surface area contributed by atoms with Crippen LogP contribution in [-0.2, 0) is 14.8 Å². The van der Waals surface area contributed by atoms with E-state index in [9.17, 15) is 23.3 Å². The summed E-state index contributed by atoms with van der Waals surface area (Å²) in [4.78, 5) is 23.2. The van der Waals surface area contributed by atoms with E-state index >= 15 is 0 Å². The summed E-state index contributed by atoms with van der Waals surface area (Å²) in [7, 11) is -3.89. The standard InChI is InChI=1S/C21H27N3O6S/c1-14-10-15(2)12-19(11-14)30-9-8-22-21(25)17(4)23(31(5,28)29)20-13-18(24(26)27)7-6-16(20)3/h6-7,10-13,17H,8-9H2,1-5H3,(H,22,25)/t17-/m1/s1. The Hall–Kier alpha value is -3.14. The van der Waals surface area contributed by atoms with Crippen LogP contribution in [0.2, 0.25) is 0 Å². The van der Waals surface area contributed by atoms with Gasteiger partial charge in [0.15, 0.2) is 0 Å². The highest BCUT2D eigenvalue weighted by Gasteiger charge is 2.31. The van der Waals surface area contributed by atoms with E-state index in [-0.39, 0.29) is 24.5 Å². The number of aryl methyl sites for hydroxylation is 3. The van der Waals surface area contributed by atoms with Gasteiger partial charge in [-0.15, -0.1) is 0 Å². The molecule has 1 N–H and O–H groups in total. The molecule has 0 aliphatic rings. The number of hydrogen-bond acceptors (Lipinski definition) is 6. The first-order valence-corrected chi connectivity index (χ1v) is 11.5. The van der Waals surface area contributed by atoms with Crippen molar-refractivity contribution < 1.29 is 22.9 Å². The Morgan fingerprint density at radius 1 is 1.16 bits per heavy atom. The van der Waals surface area contributed by atoms with E-state index in [1.807, 2.05) is 32.0 Å². The van der Waals surface area contributed by atoms with Gasteiger partial charge < -0.3 is 10.1 Å². The highest BCUT2D eigenvalue weighted by atomic mass is 32.2. The third-order valence-electron chi connectivity index (χ3n) is 4.59. The lowest BCUT2D eigenvalue weighted by Gasteiger charge is -2.29. The molecule has 0 bridgehead atoms. The normalized spacial score (nSPS) is 12.2. The summed E-state index contributed by atoms with van der Waals surface area (Å²) in [6.45, 7) is 7.34. The Labute approximate surface area is 182 Å². The molecule has 2 rings (SSSR count). The number of carbonyl (C=O) groups is 1. The van der Waals surface area contributed by atoms with Crippen molar-refractivity contribution >= 4 is 27.3 Å². The van der Waals surface area contributed by atoms with Gasteiger partial charge in [-0.3, -0.25) is 19.2 Å². The summed E-state index contributed by atoms with van der Waals surface area (Å²) < 4.78 is 31.4. The lowest BCUT2D eigenvalue weighted by atomic mass is 10.1. The van der Waals surface area contributed by atoms with Gasteiger partial charge in [0.2, 0.25) is 15.9 Å². The fourth-order valence-corrected chi connectivity index (χ4v) is 4.46. The van der Waals surface area contributed by atoms with Crippen LogP contribution < -0.4 is 14.4 Å². The molecule has 1 atom stereocenters. The topological polar surface area (TPSA) is 119 Å². The van der Waals surface area contributed by atoms with Gasteiger partial charge in [0.1, 0.15) is 18.4 Å². The maximum atomic E-state index is 12.6. The summed E-state index contributed by atoms with van der Waals surface area (Å²) in [5, 5.41) is 13.8. The molecular weight excluding hydrogens is 422 g/mol. The predicted octanol–water partition coefficient (Wildman–Crippen LogP) is 2.87. The number of nitro benzene ring substituents is 1. The number of nitrogens with one attached hydrogen (secondary N) is 1. The van der Waals surface area contributed by atoms with E-state index in [2.05, 4.69) is 5.32 Å². The summed E-state index contributed by atoms with van der Waals surface area (Å²) in [6, 6.07) is 8.57.